The Labute approximate surface area is 134 Å². The minimum atomic E-state index is -0.237. The van der Waals surface area contributed by atoms with Crippen molar-refractivity contribution in [2.75, 3.05) is 11.9 Å². The van der Waals surface area contributed by atoms with Crippen molar-refractivity contribution in [1.82, 2.24) is 15.1 Å². The van der Waals surface area contributed by atoms with E-state index in [-0.39, 0.29) is 5.82 Å². The van der Waals surface area contributed by atoms with Crippen LogP contribution in [0.5, 0.6) is 0 Å². The highest BCUT2D eigenvalue weighted by Gasteiger charge is 2.21. The van der Waals surface area contributed by atoms with Gasteiger partial charge in [0.25, 0.3) is 0 Å². The Hall–Kier alpha value is -2.66. The molecule has 116 valence electrons. The number of anilines is 2. The third-order valence-electron chi connectivity index (χ3n) is 4.04. The minimum Gasteiger partial charge on any atom is -0.338 e. The first-order valence-electron chi connectivity index (χ1n) is 7.71. The van der Waals surface area contributed by atoms with Gasteiger partial charge in [-0.3, -0.25) is 0 Å². The highest BCUT2D eigenvalue weighted by molar-refractivity contribution is 5.61. The summed E-state index contributed by atoms with van der Waals surface area (Å²) in [4.78, 5) is 0. The summed E-state index contributed by atoms with van der Waals surface area (Å²) in [5.41, 5.74) is 4.23. The third-order valence-corrected chi connectivity index (χ3v) is 4.04. The summed E-state index contributed by atoms with van der Waals surface area (Å²) in [5.74, 6) is 0.613. The average molecular weight is 308 g/mol. The first kappa shape index (κ1) is 14.0. The lowest BCUT2D eigenvalue weighted by molar-refractivity contribution is 0.618. The number of benzene rings is 2. The lowest BCUT2D eigenvalue weighted by atomic mass is 10.1. The summed E-state index contributed by atoms with van der Waals surface area (Å²) in [6, 6.07) is 16.4. The van der Waals surface area contributed by atoms with E-state index in [0.717, 1.165) is 36.7 Å². The van der Waals surface area contributed by atoms with Crippen LogP contribution < -0.4 is 10.6 Å². The van der Waals surface area contributed by atoms with Gasteiger partial charge in [0.2, 0.25) is 0 Å². The zero-order chi connectivity index (χ0) is 15.6. The molecule has 4 rings (SSSR count). The van der Waals surface area contributed by atoms with Gasteiger partial charge in [-0.2, -0.15) is 0 Å². The number of aromatic nitrogens is 2. The third kappa shape index (κ3) is 2.71. The molecule has 1 aromatic heterocycles. The Bertz CT molecular complexity index is 809. The number of halogens is 1. The number of nitrogens with zero attached hydrogens (tertiary/aromatic N) is 2. The van der Waals surface area contributed by atoms with Gasteiger partial charge in [-0.1, -0.05) is 18.2 Å². The second-order valence-corrected chi connectivity index (χ2v) is 5.58. The summed E-state index contributed by atoms with van der Waals surface area (Å²) in [6.45, 7) is 1.70. The smallest absolute Gasteiger partial charge is 0.157 e. The topological polar surface area (TPSA) is 41.9 Å². The van der Waals surface area contributed by atoms with Crippen LogP contribution in [0.2, 0.25) is 0 Å². The lowest BCUT2D eigenvalue weighted by Gasteiger charge is -2.15. The van der Waals surface area contributed by atoms with E-state index in [0.29, 0.717) is 0 Å². The van der Waals surface area contributed by atoms with Gasteiger partial charge >= 0.3 is 0 Å². The Morgan fingerprint density at radius 3 is 2.61 bits per heavy atom. The fraction of sp³-hybridized carbons (Fsp3) is 0.167. The van der Waals surface area contributed by atoms with Crippen molar-refractivity contribution < 1.29 is 4.39 Å². The number of hydrogen-bond donors (Lipinski definition) is 2. The molecule has 0 fully saturated rings. The van der Waals surface area contributed by atoms with E-state index in [2.05, 4.69) is 10.6 Å². The molecule has 0 bridgehead atoms. The van der Waals surface area contributed by atoms with E-state index < -0.39 is 0 Å². The maximum atomic E-state index is 13.2. The molecule has 0 saturated heterocycles. The van der Waals surface area contributed by atoms with Crippen molar-refractivity contribution in [3.05, 3.63) is 71.7 Å². The molecule has 2 aromatic carbocycles. The summed E-state index contributed by atoms with van der Waals surface area (Å²) >= 11 is 0. The monoisotopic (exact) mass is 308 g/mol. The first-order valence-corrected chi connectivity index (χ1v) is 7.71. The number of para-hydroxylation sites is 1. The van der Waals surface area contributed by atoms with Crippen molar-refractivity contribution in [1.29, 1.82) is 0 Å². The van der Waals surface area contributed by atoms with E-state index in [1.807, 2.05) is 35.0 Å². The average Bonchev–Trinajstić information content (AvgIpc) is 2.95. The standard InChI is InChI=1S/C18H17FN4/c19-13-6-8-15(9-7-13)23-17-10-11-20-12-16(17)18(22-23)21-14-4-2-1-3-5-14/h1-9,20H,10-12H2,(H,21,22). The van der Waals surface area contributed by atoms with Gasteiger partial charge in [-0.25, -0.2) is 9.07 Å². The van der Waals surface area contributed by atoms with Crippen LogP contribution in [0.15, 0.2) is 54.6 Å². The number of rotatable bonds is 3. The van der Waals surface area contributed by atoms with Gasteiger partial charge in [0.05, 0.1) is 11.4 Å². The maximum absolute atomic E-state index is 13.2. The first-order chi connectivity index (χ1) is 11.3. The molecule has 5 heteroatoms. The van der Waals surface area contributed by atoms with Gasteiger partial charge in [0.15, 0.2) is 5.82 Å². The van der Waals surface area contributed by atoms with Crippen molar-refractivity contribution in [2.24, 2.45) is 0 Å². The predicted molar refractivity (Wildman–Crippen MR) is 88.7 cm³/mol. The molecule has 0 radical (unpaired) electrons. The van der Waals surface area contributed by atoms with E-state index >= 15 is 0 Å². The van der Waals surface area contributed by atoms with Crippen molar-refractivity contribution in [2.45, 2.75) is 13.0 Å². The molecule has 3 aromatic rings. The SMILES string of the molecule is Fc1ccc(-n2nc(Nc3ccccc3)c3c2CCNC3)cc1. The lowest BCUT2D eigenvalue weighted by Crippen LogP contribution is -2.24. The fourth-order valence-corrected chi connectivity index (χ4v) is 2.90. The van der Waals surface area contributed by atoms with E-state index in [1.165, 1.54) is 23.4 Å². The van der Waals surface area contributed by atoms with Crippen LogP contribution >= 0.6 is 0 Å². The number of hydrogen-bond acceptors (Lipinski definition) is 3. The van der Waals surface area contributed by atoms with Crippen LogP contribution in [0.1, 0.15) is 11.3 Å². The Kier molecular flexibility index (Phi) is 3.55. The van der Waals surface area contributed by atoms with Crippen molar-refractivity contribution in [3.63, 3.8) is 0 Å². The predicted octanol–water partition coefficient (Wildman–Crippen LogP) is 3.40. The minimum absolute atomic E-state index is 0.237. The van der Waals surface area contributed by atoms with Gasteiger partial charge < -0.3 is 10.6 Å². The van der Waals surface area contributed by atoms with Crippen LogP contribution in [-0.4, -0.2) is 16.3 Å². The molecule has 23 heavy (non-hydrogen) atoms. The van der Waals surface area contributed by atoms with Crippen LogP contribution in [0.4, 0.5) is 15.9 Å². The molecule has 0 unspecified atom stereocenters. The Balaban J connectivity index is 1.77. The van der Waals surface area contributed by atoms with Gasteiger partial charge in [-0.05, 0) is 36.4 Å². The summed E-state index contributed by atoms with van der Waals surface area (Å²) in [7, 11) is 0. The maximum Gasteiger partial charge on any atom is 0.157 e. The molecule has 0 saturated carbocycles. The zero-order valence-electron chi connectivity index (χ0n) is 12.6. The van der Waals surface area contributed by atoms with E-state index in [1.54, 1.807) is 12.1 Å². The van der Waals surface area contributed by atoms with E-state index in [4.69, 9.17) is 5.10 Å². The quantitative estimate of drug-likeness (QED) is 0.779. The molecule has 1 aliphatic heterocycles. The summed E-state index contributed by atoms with van der Waals surface area (Å²) in [5, 5.41) is 11.5. The molecule has 0 amide bonds. The summed E-state index contributed by atoms with van der Waals surface area (Å²) < 4.78 is 15.1. The Morgan fingerprint density at radius 1 is 1.04 bits per heavy atom. The van der Waals surface area contributed by atoms with Crippen LogP contribution in [-0.2, 0) is 13.0 Å². The molecular formula is C18H17FN4. The molecule has 2 heterocycles. The van der Waals surface area contributed by atoms with Gasteiger partial charge in [0.1, 0.15) is 5.82 Å². The van der Waals surface area contributed by atoms with Crippen LogP contribution in [0.3, 0.4) is 0 Å². The van der Waals surface area contributed by atoms with Gasteiger partial charge in [-0.15, -0.1) is 5.10 Å². The van der Waals surface area contributed by atoms with Crippen LogP contribution in [0.25, 0.3) is 5.69 Å². The number of nitrogens with one attached hydrogen (secondary N) is 2. The van der Waals surface area contributed by atoms with Crippen LogP contribution in [0, 0.1) is 5.82 Å². The van der Waals surface area contributed by atoms with E-state index in [9.17, 15) is 4.39 Å². The molecular weight excluding hydrogens is 291 g/mol. The van der Waals surface area contributed by atoms with Gasteiger partial charge in [0, 0.05) is 30.8 Å². The number of fused-ring (bicyclic) bond motifs is 1. The Morgan fingerprint density at radius 2 is 1.83 bits per heavy atom. The molecule has 0 aliphatic carbocycles. The fourth-order valence-electron chi connectivity index (χ4n) is 2.90. The summed E-state index contributed by atoms with van der Waals surface area (Å²) in [6.07, 6.45) is 0.899. The second kappa shape index (κ2) is 5.85. The zero-order valence-corrected chi connectivity index (χ0v) is 12.6. The molecule has 2 N–H and O–H groups in total. The normalized spacial score (nSPS) is 13.6. The highest BCUT2D eigenvalue weighted by atomic mass is 19.1. The molecule has 0 atom stereocenters. The molecule has 4 nitrogen and oxygen atoms in total. The highest BCUT2D eigenvalue weighted by Crippen LogP contribution is 2.27. The molecule has 0 spiro atoms. The van der Waals surface area contributed by atoms with Crippen molar-refractivity contribution in [3.8, 4) is 5.69 Å². The second-order valence-electron chi connectivity index (χ2n) is 5.58. The molecule has 1 aliphatic rings. The van der Waals surface area contributed by atoms with Crippen molar-refractivity contribution >= 4 is 11.5 Å². The largest absolute Gasteiger partial charge is 0.338 e.